The van der Waals surface area contributed by atoms with Gasteiger partial charge in [0.2, 0.25) is 0 Å². The Bertz CT molecular complexity index is 950. The number of hydrogen-bond acceptors (Lipinski definition) is 4. The van der Waals surface area contributed by atoms with Gasteiger partial charge in [-0.2, -0.15) is 0 Å². The van der Waals surface area contributed by atoms with Crippen LogP contribution in [0.3, 0.4) is 0 Å². The Balaban J connectivity index is 1.85. The summed E-state index contributed by atoms with van der Waals surface area (Å²) in [5, 5.41) is 13.3. The van der Waals surface area contributed by atoms with Crippen molar-refractivity contribution in [2.75, 3.05) is 0 Å². The quantitative estimate of drug-likeness (QED) is 0.762. The van der Waals surface area contributed by atoms with Crippen LogP contribution in [-0.2, 0) is 0 Å². The third-order valence-electron chi connectivity index (χ3n) is 3.54. The number of carboxylic acids is 1. The van der Waals surface area contributed by atoms with Gasteiger partial charge in [0.25, 0.3) is 0 Å². The number of benzene rings is 2. The first-order valence-corrected chi connectivity index (χ1v) is 7.35. The Morgan fingerprint density at radius 1 is 1.15 bits per heavy atom. The minimum atomic E-state index is -4.75. The van der Waals surface area contributed by atoms with Crippen molar-refractivity contribution in [3.63, 3.8) is 0 Å². The van der Waals surface area contributed by atoms with Gasteiger partial charge >= 0.3 is 12.3 Å². The van der Waals surface area contributed by atoms with Crippen LogP contribution in [0, 0.1) is 6.92 Å². The predicted molar refractivity (Wildman–Crippen MR) is 85.2 cm³/mol. The van der Waals surface area contributed by atoms with Crippen molar-refractivity contribution in [2.45, 2.75) is 13.3 Å². The van der Waals surface area contributed by atoms with Crippen molar-refractivity contribution in [1.82, 2.24) is 14.8 Å². The van der Waals surface area contributed by atoms with Crippen LogP contribution in [0.2, 0.25) is 0 Å². The Morgan fingerprint density at radius 2 is 1.85 bits per heavy atom. The van der Waals surface area contributed by atoms with Crippen LogP contribution in [0.25, 0.3) is 17.1 Å². The summed E-state index contributed by atoms with van der Waals surface area (Å²) >= 11 is 0. The molecular weight excluding hydrogens is 351 g/mol. The van der Waals surface area contributed by atoms with Crippen molar-refractivity contribution in [3.05, 3.63) is 59.9 Å². The van der Waals surface area contributed by atoms with Crippen molar-refractivity contribution in [2.24, 2.45) is 0 Å². The average Bonchev–Trinajstić information content (AvgIpc) is 3.03. The highest BCUT2D eigenvalue weighted by Crippen LogP contribution is 2.25. The molecule has 0 bridgehead atoms. The van der Waals surface area contributed by atoms with Gasteiger partial charge in [-0.25, -0.2) is 14.5 Å². The van der Waals surface area contributed by atoms with E-state index in [0.29, 0.717) is 22.6 Å². The van der Waals surface area contributed by atoms with Crippen molar-refractivity contribution in [1.29, 1.82) is 0 Å². The van der Waals surface area contributed by atoms with Gasteiger partial charge in [0.05, 0.1) is 11.3 Å². The molecule has 0 saturated carbocycles. The first-order chi connectivity index (χ1) is 12.2. The van der Waals surface area contributed by atoms with E-state index in [2.05, 4.69) is 14.8 Å². The number of nitrogens with zero attached hydrogens (tertiary/aromatic N) is 3. The van der Waals surface area contributed by atoms with Gasteiger partial charge < -0.3 is 9.84 Å². The Labute approximate surface area is 145 Å². The van der Waals surface area contributed by atoms with E-state index in [1.54, 1.807) is 13.0 Å². The van der Waals surface area contributed by atoms with Crippen LogP contribution >= 0.6 is 0 Å². The maximum absolute atomic E-state index is 12.2. The lowest BCUT2D eigenvalue weighted by Gasteiger charge is -2.09. The molecule has 3 aromatic rings. The molecule has 9 heteroatoms. The molecule has 0 aliphatic carbocycles. The molecule has 1 heterocycles. The maximum atomic E-state index is 12.2. The van der Waals surface area contributed by atoms with E-state index < -0.39 is 12.3 Å². The van der Waals surface area contributed by atoms with Gasteiger partial charge in [0.15, 0.2) is 5.82 Å². The third kappa shape index (κ3) is 3.82. The molecule has 0 unspecified atom stereocenters. The number of hydrogen-bond donors (Lipinski definition) is 1. The van der Waals surface area contributed by atoms with Crippen LogP contribution in [0.1, 0.15) is 15.9 Å². The van der Waals surface area contributed by atoms with Crippen LogP contribution < -0.4 is 4.74 Å². The zero-order chi connectivity index (χ0) is 18.9. The first kappa shape index (κ1) is 17.5. The van der Waals surface area contributed by atoms with Crippen LogP contribution in [0.15, 0.2) is 48.8 Å². The standard InChI is InChI=1S/C17H12F3N3O3/c1-10-8-11(16(24)25)2-7-14(10)15-21-9-23(22-15)12-3-5-13(6-4-12)26-17(18,19)20/h2-9H,1H3,(H,24,25). The zero-order valence-corrected chi connectivity index (χ0v) is 13.4. The minimum absolute atomic E-state index is 0.158. The largest absolute Gasteiger partial charge is 0.573 e. The fourth-order valence-electron chi connectivity index (χ4n) is 2.36. The molecule has 0 spiro atoms. The highest BCUT2D eigenvalue weighted by atomic mass is 19.4. The predicted octanol–water partition coefficient (Wildman–Crippen LogP) is 3.84. The Morgan fingerprint density at radius 3 is 2.42 bits per heavy atom. The molecule has 1 aromatic heterocycles. The van der Waals surface area contributed by atoms with Gasteiger partial charge in [0, 0.05) is 5.56 Å². The summed E-state index contributed by atoms with van der Waals surface area (Å²) in [5.41, 5.74) is 2.01. The van der Waals surface area contributed by atoms with E-state index >= 15 is 0 Å². The monoisotopic (exact) mass is 363 g/mol. The molecular formula is C17H12F3N3O3. The molecule has 0 fully saturated rings. The van der Waals surface area contributed by atoms with Crippen LogP contribution in [0.4, 0.5) is 13.2 Å². The third-order valence-corrected chi connectivity index (χ3v) is 3.54. The first-order valence-electron chi connectivity index (χ1n) is 7.35. The lowest BCUT2D eigenvalue weighted by molar-refractivity contribution is -0.274. The number of alkyl halides is 3. The molecule has 0 saturated heterocycles. The van der Waals surface area contributed by atoms with Gasteiger partial charge in [-0.1, -0.05) is 0 Å². The fourth-order valence-corrected chi connectivity index (χ4v) is 2.36. The summed E-state index contributed by atoms with van der Waals surface area (Å²) in [7, 11) is 0. The van der Waals surface area contributed by atoms with Crippen molar-refractivity contribution >= 4 is 5.97 Å². The summed E-state index contributed by atoms with van der Waals surface area (Å²) in [6.07, 6.45) is -3.33. The number of carbonyl (C=O) groups is 1. The summed E-state index contributed by atoms with van der Waals surface area (Å²) in [4.78, 5) is 15.2. The lowest BCUT2D eigenvalue weighted by Crippen LogP contribution is -2.17. The van der Waals surface area contributed by atoms with Gasteiger partial charge in [-0.05, 0) is 55.0 Å². The lowest BCUT2D eigenvalue weighted by atomic mass is 10.0. The zero-order valence-electron chi connectivity index (χ0n) is 13.4. The van der Waals surface area contributed by atoms with Crippen molar-refractivity contribution < 1.29 is 27.8 Å². The summed E-state index contributed by atoms with van der Waals surface area (Å²) in [5.74, 6) is -0.990. The molecule has 0 amide bonds. The second-order valence-corrected chi connectivity index (χ2v) is 5.39. The Kier molecular flexibility index (Phi) is 4.37. The maximum Gasteiger partial charge on any atom is 0.573 e. The molecule has 0 atom stereocenters. The average molecular weight is 363 g/mol. The second kappa shape index (κ2) is 6.51. The van der Waals surface area contributed by atoms with Crippen LogP contribution in [-0.4, -0.2) is 32.2 Å². The Hall–Kier alpha value is -3.36. The molecule has 0 aliphatic rings. The normalized spacial score (nSPS) is 11.4. The number of ether oxygens (including phenoxy) is 1. The highest BCUT2D eigenvalue weighted by Gasteiger charge is 2.31. The van der Waals surface area contributed by atoms with E-state index in [9.17, 15) is 18.0 Å². The molecule has 26 heavy (non-hydrogen) atoms. The smallest absolute Gasteiger partial charge is 0.478 e. The number of rotatable bonds is 4. The van der Waals surface area contributed by atoms with Gasteiger partial charge in [0.1, 0.15) is 12.1 Å². The molecule has 0 radical (unpaired) electrons. The second-order valence-electron chi connectivity index (χ2n) is 5.39. The fraction of sp³-hybridized carbons (Fsp3) is 0.118. The summed E-state index contributed by atoms with van der Waals surface area (Å²) in [6, 6.07) is 9.77. The minimum Gasteiger partial charge on any atom is -0.478 e. The van der Waals surface area contributed by atoms with Crippen LogP contribution in [0.5, 0.6) is 5.75 Å². The number of aryl methyl sites for hydroxylation is 1. The SMILES string of the molecule is Cc1cc(C(=O)O)ccc1-c1ncn(-c2ccc(OC(F)(F)F)cc2)n1. The summed E-state index contributed by atoms with van der Waals surface area (Å²) in [6.45, 7) is 1.74. The topological polar surface area (TPSA) is 77.2 Å². The van der Waals surface area contributed by atoms with Gasteiger partial charge in [-0.3, -0.25) is 0 Å². The number of aromatic nitrogens is 3. The number of halogens is 3. The van der Waals surface area contributed by atoms with E-state index in [0.717, 1.165) is 0 Å². The van der Waals surface area contributed by atoms with Crippen molar-refractivity contribution in [3.8, 4) is 22.8 Å². The molecule has 134 valence electrons. The van der Waals surface area contributed by atoms with E-state index in [4.69, 9.17) is 5.11 Å². The van der Waals surface area contributed by atoms with E-state index in [1.165, 1.54) is 47.4 Å². The molecule has 6 nitrogen and oxygen atoms in total. The number of carboxylic acid groups (broad SMARTS) is 1. The summed E-state index contributed by atoms with van der Waals surface area (Å²) < 4.78 is 41.8. The number of aromatic carboxylic acids is 1. The molecule has 2 aromatic carbocycles. The molecule has 0 aliphatic heterocycles. The molecule has 3 rings (SSSR count). The molecule has 1 N–H and O–H groups in total. The highest BCUT2D eigenvalue weighted by molar-refractivity contribution is 5.88. The van der Waals surface area contributed by atoms with Gasteiger partial charge in [-0.15, -0.1) is 18.3 Å². The van der Waals surface area contributed by atoms with E-state index in [-0.39, 0.29) is 11.3 Å². The van der Waals surface area contributed by atoms with E-state index in [1.807, 2.05) is 0 Å².